The third-order valence-electron chi connectivity index (χ3n) is 3.09. The molecule has 2 aromatic heterocycles. The highest BCUT2D eigenvalue weighted by atomic mass is 32.2. The first-order valence-corrected chi connectivity index (χ1v) is 8.99. The van der Waals surface area contributed by atoms with Crippen LogP contribution in [0.3, 0.4) is 0 Å². The summed E-state index contributed by atoms with van der Waals surface area (Å²) in [5.41, 5.74) is -0.598. The number of carbonyl (C=O) groups excluding carboxylic acids is 1. The van der Waals surface area contributed by atoms with Crippen LogP contribution in [0.4, 0.5) is 19.1 Å². The maximum absolute atomic E-state index is 12.5. The minimum Gasteiger partial charge on any atom is -0.481 e. The van der Waals surface area contributed by atoms with Gasteiger partial charge in [-0.05, 0) is 6.07 Å². The zero-order valence-corrected chi connectivity index (χ0v) is 15.7. The normalized spacial score (nSPS) is 11.7. The topological polar surface area (TPSA) is 156 Å². The van der Waals surface area contributed by atoms with Gasteiger partial charge in [-0.1, -0.05) is 0 Å². The van der Waals surface area contributed by atoms with Crippen LogP contribution in [-0.4, -0.2) is 56.3 Å². The van der Waals surface area contributed by atoms with Gasteiger partial charge < -0.3 is 14.2 Å². The van der Waals surface area contributed by atoms with E-state index in [2.05, 4.69) is 25.0 Å². The molecule has 1 amide bonds. The number of aromatic nitrogens is 3. The molecule has 0 unspecified atom stereocenters. The van der Waals surface area contributed by atoms with Crippen LogP contribution in [0, 0.1) is 0 Å². The molecule has 15 heteroatoms. The van der Waals surface area contributed by atoms with Crippen LogP contribution in [0.1, 0.15) is 10.4 Å². The SMILES string of the molecule is COc1cc(OC)nc(NC(=O)c2ccnc(S(N)(=O)=O)c2OCC(F)(F)F)n1. The number of nitrogens with two attached hydrogens (primary N) is 1. The number of hydrogen-bond acceptors (Lipinski definition) is 9. The lowest BCUT2D eigenvalue weighted by Crippen LogP contribution is -2.25. The lowest BCUT2D eigenvalue weighted by molar-refractivity contribution is -0.154. The lowest BCUT2D eigenvalue weighted by Gasteiger charge is -2.15. The van der Waals surface area contributed by atoms with Gasteiger partial charge in [0, 0.05) is 6.20 Å². The summed E-state index contributed by atoms with van der Waals surface area (Å²) < 4.78 is 75.2. The average molecular weight is 437 g/mol. The Balaban J connectivity index is 2.46. The Morgan fingerprint density at radius 3 is 2.28 bits per heavy atom. The second kappa shape index (κ2) is 8.44. The van der Waals surface area contributed by atoms with E-state index in [0.717, 1.165) is 12.3 Å². The Morgan fingerprint density at radius 2 is 1.79 bits per heavy atom. The summed E-state index contributed by atoms with van der Waals surface area (Å²) in [7, 11) is -2.03. The lowest BCUT2D eigenvalue weighted by atomic mass is 10.2. The molecule has 0 aliphatic heterocycles. The van der Waals surface area contributed by atoms with E-state index in [1.54, 1.807) is 0 Å². The maximum Gasteiger partial charge on any atom is 0.422 e. The number of anilines is 1. The molecule has 0 aliphatic carbocycles. The molecule has 0 aliphatic rings. The Labute approximate surface area is 162 Å². The number of hydrogen-bond donors (Lipinski definition) is 2. The molecule has 158 valence electrons. The Hall–Kier alpha value is -3.20. The Kier molecular flexibility index (Phi) is 6.43. The monoisotopic (exact) mass is 437 g/mol. The first kappa shape index (κ1) is 22.1. The molecule has 0 saturated carbocycles. The molecule has 0 aromatic carbocycles. The van der Waals surface area contributed by atoms with Gasteiger partial charge in [0.1, 0.15) is 0 Å². The van der Waals surface area contributed by atoms with Gasteiger partial charge in [0.25, 0.3) is 15.9 Å². The van der Waals surface area contributed by atoms with Crippen molar-refractivity contribution in [2.75, 3.05) is 26.1 Å². The van der Waals surface area contributed by atoms with Crippen molar-refractivity contribution in [3.05, 3.63) is 23.9 Å². The predicted octanol–water partition coefficient (Wildman–Crippen LogP) is 0.730. The quantitative estimate of drug-likeness (QED) is 0.637. The number of halogens is 3. The number of nitrogens with one attached hydrogen (secondary N) is 1. The van der Waals surface area contributed by atoms with Crippen LogP contribution in [-0.2, 0) is 10.0 Å². The molecule has 0 saturated heterocycles. The van der Waals surface area contributed by atoms with Crippen LogP contribution < -0.4 is 24.7 Å². The van der Waals surface area contributed by atoms with E-state index in [-0.39, 0.29) is 17.7 Å². The molecule has 0 radical (unpaired) electrons. The number of nitrogens with zero attached hydrogens (tertiary/aromatic N) is 3. The van der Waals surface area contributed by atoms with E-state index in [1.807, 2.05) is 0 Å². The molecular weight excluding hydrogens is 423 g/mol. The largest absolute Gasteiger partial charge is 0.481 e. The second-order valence-corrected chi connectivity index (χ2v) is 6.65. The third-order valence-corrected chi connectivity index (χ3v) is 3.92. The molecule has 2 aromatic rings. The molecule has 29 heavy (non-hydrogen) atoms. The highest BCUT2D eigenvalue weighted by Crippen LogP contribution is 2.28. The molecule has 2 rings (SSSR count). The van der Waals surface area contributed by atoms with Gasteiger partial charge in [0.05, 0.1) is 25.8 Å². The van der Waals surface area contributed by atoms with Gasteiger partial charge >= 0.3 is 6.18 Å². The second-order valence-electron chi connectivity index (χ2n) is 5.17. The highest BCUT2D eigenvalue weighted by Gasteiger charge is 2.32. The fourth-order valence-corrected chi connectivity index (χ4v) is 2.58. The summed E-state index contributed by atoms with van der Waals surface area (Å²) in [6.45, 7) is -1.88. The van der Waals surface area contributed by atoms with E-state index in [0.29, 0.717) is 0 Å². The van der Waals surface area contributed by atoms with E-state index < -0.39 is 45.1 Å². The fourth-order valence-electron chi connectivity index (χ4n) is 1.94. The number of sulfonamides is 1. The molecule has 2 heterocycles. The van der Waals surface area contributed by atoms with Crippen LogP contribution in [0.5, 0.6) is 17.5 Å². The molecular formula is C14H14F3N5O6S. The maximum atomic E-state index is 12.5. The van der Waals surface area contributed by atoms with E-state index in [1.165, 1.54) is 20.3 Å². The van der Waals surface area contributed by atoms with Crippen LogP contribution in [0.15, 0.2) is 23.4 Å². The summed E-state index contributed by atoms with van der Waals surface area (Å²) >= 11 is 0. The number of primary sulfonamides is 1. The molecule has 0 atom stereocenters. The van der Waals surface area contributed by atoms with Crippen LogP contribution >= 0.6 is 0 Å². The summed E-state index contributed by atoms with van der Waals surface area (Å²) in [6.07, 6.45) is -3.95. The van der Waals surface area contributed by atoms with Gasteiger partial charge in [0.2, 0.25) is 22.7 Å². The zero-order valence-electron chi connectivity index (χ0n) is 14.8. The molecule has 0 bridgehead atoms. The standard InChI is InChI=1S/C14H14F3N5O6S/c1-26-8-5-9(27-2)21-13(20-8)22-11(23)7-3-4-19-12(29(18,24)25)10(7)28-6-14(15,16)17/h3-5H,6H2,1-2H3,(H2,18,24,25)(H,20,21,22,23). The van der Waals surface area contributed by atoms with E-state index >= 15 is 0 Å². The summed E-state index contributed by atoms with van der Waals surface area (Å²) in [5, 5.41) is 6.09. The number of carbonyl (C=O) groups is 1. The number of methoxy groups -OCH3 is 2. The molecule has 0 spiro atoms. The summed E-state index contributed by atoms with van der Waals surface area (Å²) in [6, 6.07) is 2.24. The third kappa shape index (κ3) is 5.89. The van der Waals surface area contributed by atoms with Crippen molar-refractivity contribution >= 4 is 21.9 Å². The van der Waals surface area contributed by atoms with Gasteiger partial charge in [-0.2, -0.15) is 23.1 Å². The zero-order chi connectivity index (χ0) is 21.8. The first-order valence-electron chi connectivity index (χ1n) is 7.44. The van der Waals surface area contributed by atoms with Crippen molar-refractivity contribution in [1.82, 2.24) is 15.0 Å². The van der Waals surface area contributed by atoms with Crippen molar-refractivity contribution in [2.45, 2.75) is 11.2 Å². The average Bonchev–Trinajstić information content (AvgIpc) is 2.64. The number of amides is 1. The van der Waals surface area contributed by atoms with Gasteiger partial charge in [-0.3, -0.25) is 10.1 Å². The van der Waals surface area contributed by atoms with Gasteiger partial charge in [0.15, 0.2) is 12.4 Å². The first-order chi connectivity index (χ1) is 13.4. The van der Waals surface area contributed by atoms with E-state index in [4.69, 9.17) is 14.6 Å². The molecule has 3 N–H and O–H groups in total. The number of pyridine rings is 1. The predicted molar refractivity (Wildman–Crippen MR) is 90.2 cm³/mol. The van der Waals surface area contributed by atoms with Gasteiger partial charge in [-0.25, -0.2) is 18.5 Å². The van der Waals surface area contributed by atoms with Crippen molar-refractivity contribution < 1.29 is 40.6 Å². The molecule has 11 nitrogen and oxygen atoms in total. The fraction of sp³-hybridized carbons (Fsp3) is 0.286. The number of rotatable bonds is 7. The Bertz CT molecular complexity index is 993. The summed E-state index contributed by atoms with van der Waals surface area (Å²) in [5.74, 6) is -2.37. The van der Waals surface area contributed by atoms with Crippen molar-refractivity contribution in [1.29, 1.82) is 0 Å². The van der Waals surface area contributed by atoms with E-state index in [9.17, 15) is 26.4 Å². The minimum absolute atomic E-state index is 0.0145. The van der Waals surface area contributed by atoms with Crippen LogP contribution in [0.2, 0.25) is 0 Å². The highest BCUT2D eigenvalue weighted by molar-refractivity contribution is 7.89. The van der Waals surface area contributed by atoms with Crippen LogP contribution in [0.25, 0.3) is 0 Å². The van der Waals surface area contributed by atoms with Crippen molar-refractivity contribution in [3.8, 4) is 17.5 Å². The summed E-state index contributed by atoms with van der Waals surface area (Å²) in [4.78, 5) is 23.6. The minimum atomic E-state index is -4.82. The van der Waals surface area contributed by atoms with Crippen molar-refractivity contribution in [3.63, 3.8) is 0 Å². The van der Waals surface area contributed by atoms with Gasteiger partial charge in [-0.15, -0.1) is 0 Å². The Morgan fingerprint density at radius 1 is 1.21 bits per heavy atom. The number of ether oxygens (including phenoxy) is 3. The molecule has 0 fully saturated rings. The smallest absolute Gasteiger partial charge is 0.422 e. The number of alkyl halides is 3. The van der Waals surface area contributed by atoms with Crippen molar-refractivity contribution in [2.24, 2.45) is 5.14 Å².